The van der Waals surface area contributed by atoms with Gasteiger partial charge < -0.3 is 19.9 Å². The van der Waals surface area contributed by atoms with Gasteiger partial charge in [-0.1, -0.05) is 25.4 Å². The normalized spacial score (nSPS) is 12.3. The number of benzene rings is 1. The van der Waals surface area contributed by atoms with Crippen molar-refractivity contribution < 1.29 is 14.3 Å². The molecule has 2 aromatic heterocycles. The lowest BCUT2D eigenvalue weighted by molar-refractivity contribution is -0.118. The average Bonchev–Trinajstić information content (AvgIpc) is 3.28. The van der Waals surface area contributed by atoms with Crippen LogP contribution in [0.1, 0.15) is 34.8 Å². The summed E-state index contributed by atoms with van der Waals surface area (Å²) in [5.41, 5.74) is 3.82. The third-order valence-electron chi connectivity index (χ3n) is 5.25. The van der Waals surface area contributed by atoms with E-state index in [9.17, 15) is 9.59 Å². The van der Waals surface area contributed by atoms with E-state index < -0.39 is 0 Å². The number of carbonyl (C=O) groups excluding carboxylic acids is 2. The molecule has 0 aliphatic heterocycles. The third-order valence-corrected chi connectivity index (χ3v) is 6.52. The van der Waals surface area contributed by atoms with Crippen molar-refractivity contribution in [1.82, 2.24) is 9.55 Å². The van der Waals surface area contributed by atoms with E-state index in [1.54, 1.807) is 25.3 Å². The zero-order valence-corrected chi connectivity index (χ0v) is 19.3. The van der Waals surface area contributed by atoms with Crippen molar-refractivity contribution in [3.05, 3.63) is 45.4 Å². The number of fused-ring (bicyclic) bond motifs is 3. The number of nitrogens with zero attached hydrogens (tertiary/aromatic N) is 2. The van der Waals surface area contributed by atoms with Crippen LogP contribution in [0.3, 0.4) is 0 Å². The second-order valence-corrected chi connectivity index (χ2v) is 9.22. The predicted octanol–water partition coefficient (Wildman–Crippen LogP) is 4.76. The molecule has 3 aromatic rings. The van der Waals surface area contributed by atoms with Crippen molar-refractivity contribution in [1.29, 1.82) is 0 Å². The fourth-order valence-corrected chi connectivity index (χ4v) is 4.74. The molecule has 0 saturated heterocycles. The van der Waals surface area contributed by atoms with E-state index in [-0.39, 0.29) is 17.7 Å². The summed E-state index contributed by atoms with van der Waals surface area (Å²) in [4.78, 5) is 30.9. The van der Waals surface area contributed by atoms with Crippen LogP contribution in [-0.4, -0.2) is 28.5 Å². The van der Waals surface area contributed by atoms with Crippen LogP contribution in [0.5, 0.6) is 5.75 Å². The van der Waals surface area contributed by atoms with Crippen molar-refractivity contribution in [3.8, 4) is 17.1 Å². The van der Waals surface area contributed by atoms with Crippen LogP contribution in [0, 0.1) is 5.92 Å². The van der Waals surface area contributed by atoms with Crippen LogP contribution in [-0.2, 0) is 24.7 Å². The number of nitrogens with one attached hydrogen (secondary N) is 2. The molecule has 0 unspecified atom stereocenters. The van der Waals surface area contributed by atoms with Crippen LogP contribution in [0.4, 0.5) is 10.8 Å². The molecule has 162 valence electrons. The van der Waals surface area contributed by atoms with E-state index in [1.807, 2.05) is 31.5 Å². The van der Waals surface area contributed by atoms with Gasteiger partial charge in [0, 0.05) is 22.9 Å². The molecule has 0 saturated carbocycles. The van der Waals surface area contributed by atoms with Crippen molar-refractivity contribution in [2.24, 2.45) is 13.0 Å². The first kappa shape index (κ1) is 21.4. The molecule has 9 heteroatoms. The molecule has 1 aliphatic rings. The van der Waals surface area contributed by atoms with E-state index in [1.165, 1.54) is 11.3 Å². The van der Waals surface area contributed by atoms with Gasteiger partial charge in [0.2, 0.25) is 5.91 Å². The number of hydrogen-bond acceptors (Lipinski definition) is 5. The van der Waals surface area contributed by atoms with Gasteiger partial charge in [-0.05, 0) is 42.7 Å². The molecule has 1 aromatic carbocycles. The quantitative estimate of drug-likeness (QED) is 0.577. The Balaban J connectivity index is 1.65. The van der Waals surface area contributed by atoms with Crippen molar-refractivity contribution in [2.45, 2.75) is 26.7 Å². The summed E-state index contributed by atoms with van der Waals surface area (Å²) in [6.07, 6.45) is 1.63. The predicted molar refractivity (Wildman–Crippen MR) is 123 cm³/mol. The molecule has 2 amide bonds. The molecular formula is C22H23ClN4O3S. The first-order chi connectivity index (χ1) is 14.8. The highest BCUT2D eigenvalue weighted by Crippen LogP contribution is 2.39. The lowest BCUT2D eigenvalue weighted by atomic mass is 10.0. The number of rotatable bonds is 5. The minimum absolute atomic E-state index is 0.0614. The molecule has 0 spiro atoms. The van der Waals surface area contributed by atoms with Crippen LogP contribution < -0.4 is 15.4 Å². The monoisotopic (exact) mass is 458 g/mol. The Kier molecular flexibility index (Phi) is 5.77. The number of aromatic nitrogens is 2. The Labute approximate surface area is 189 Å². The zero-order valence-electron chi connectivity index (χ0n) is 17.7. The Morgan fingerprint density at radius 1 is 1.23 bits per heavy atom. The lowest BCUT2D eigenvalue weighted by Crippen LogP contribution is -2.17. The summed E-state index contributed by atoms with van der Waals surface area (Å²) >= 11 is 7.57. The van der Waals surface area contributed by atoms with Crippen LogP contribution >= 0.6 is 22.9 Å². The summed E-state index contributed by atoms with van der Waals surface area (Å²) in [6.45, 7) is 3.69. The summed E-state index contributed by atoms with van der Waals surface area (Å²) in [7, 11) is 3.39. The Morgan fingerprint density at radius 3 is 2.71 bits per heavy atom. The van der Waals surface area contributed by atoms with Crippen LogP contribution in [0.15, 0.2) is 24.3 Å². The minimum atomic E-state index is -0.261. The molecule has 0 radical (unpaired) electrons. The van der Waals surface area contributed by atoms with Crippen molar-refractivity contribution >= 4 is 45.6 Å². The highest BCUT2D eigenvalue weighted by atomic mass is 35.5. The van der Waals surface area contributed by atoms with E-state index in [4.69, 9.17) is 16.3 Å². The standard InChI is InChI=1S/C22H23ClN4O3S/c1-11(2)20(28)26-22-25-18-17(31-22)8-5-12-9-15(27(3)19(12)18)21(29)24-14-10-13(23)6-7-16(14)30-4/h6-7,9-11H,5,8H2,1-4H3,(H,24,29)(H,25,26,28). The lowest BCUT2D eigenvalue weighted by Gasteiger charge is -2.14. The summed E-state index contributed by atoms with van der Waals surface area (Å²) < 4.78 is 7.18. The fraction of sp³-hybridized carbons (Fsp3) is 0.318. The minimum Gasteiger partial charge on any atom is -0.495 e. The van der Waals surface area contributed by atoms with Gasteiger partial charge >= 0.3 is 0 Å². The van der Waals surface area contributed by atoms with Gasteiger partial charge in [0.15, 0.2) is 5.13 Å². The zero-order chi connectivity index (χ0) is 22.3. The molecule has 2 N–H and O–H groups in total. The van der Waals surface area contributed by atoms with Gasteiger partial charge in [-0.15, -0.1) is 11.3 Å². The number of methoxy groups -OCH3 is 1. The molecule has 1 aliphatic carbocycles. The molecular weight excluding hydrogens is 436 g/mol. The maximum atomic E-state index is 13.1. The number of hydrogen-bond donors (Lipinski definition) is 2. The van der Waals surface area contributed by atoms with E-state index in [0.29, 0.717) is 27.3 Å². The summed E-state index contributed by atoms with van der Waals surface area (Å²) in [5.74, 6) is 0.0886. The highest BCUT2D eigenvalue weighted by molar-refractivity contribution is 7.16. The van der Waals surface area contributed by atoms with Gasteiger partial charge in [-0.25, -0.2) is 4.98 Å². The average molecular weight is 459 g/mol. The van der Waals surface area contributed by atoms with E-state index in [2.05, 4.69) is 15.6 Å². The summed E-state index contributed by atoms with van der Waals surface area (Å²) in [5, 5.41) is 6.87. The third kappa shape index (κ3) is 4.05. The maximum absolute atomic E-state index is 13.1. The molecule has 4 rings (SSSR count). The molecule has 7 nitrogen and oxygen atoms in total. The van der Waals surface area contributed by atoms with Crippen LogP contribution in [0.2, 0.25) is 5.02 Å². The smallest absolute Gasteiger partial charge is 0.272 e. The number of aryl methyl sites for hydroxylation is 2. The number of thiazole rings is 1. The van der Waals surface area contributed by atoms with E-state index in [0.717, 1.165) is 34.7 Å². The van der Waals surface area contributed by atoms with Gasteiger partial charge in [0.1, 0.15) is 17.1 Å². The van der Waals surface area contributed by atoms with Crippen LogP contribution in [0.25, 0.3) is 11.4 Å². The second-order valence-electron chi connectivity index (χ2n) is 7.70. The Bertz CT molecular complexity index is 1180. The number of amides is 2. The summed E-state index contributed by atoms with van der Waals surface area (Å²) in [6, 6.07) is 6.97. The van der Waals surface area contributed by atoms with Crippen molar-refractivity contribution in [2.75, 3.05) is 17.7 Å². The number of carbonyl (C=O) groups is 2. The SMILES string of the molecule is COc1ccc(Cl)cc1NC(=O)c1cc2c(n1C)-c1nc(NC(=O)C(C)C)sc1CC2. The molecule has 0 atom stereocenters. The first-order valence-corrected chi connectivity index (χ1v) is 11.1. The number of halogens is 1. The second kappa shape index (κ2) is 8.36. The van der Waals surface area contributed by atoms with Gasteiger partial charge in [0.05, 0.1) is 18.5 Å². The maximum Gasteiger partial charge on any atom is 0.272 e. The molecule has 0 fully saturated rings. The number of ether oxygens (including phenoxy) is 1. The number of anilines is 2. The van der Waals surface area contributed by atoms with Gasteiger partial charge in [-0.2, -0.15) is 0 Å². The van der Waals surface area contributed by atoms with Gasteiger partial charge in [-0.3, -0.25) is 9.59 Å². The fourth-order valence-electron chi connectivity index (χ4n) is 3.61. The molecule has 0 bridgehead atoms. The van der Waals surface area contributed by atoms with Crippen molar-refractivity contribution in [3.63, 3.8) is 0 Å². The molecule has 31 heavy (non-hydrogen) atoms. The van der Waals surface area contributed by atoms with Gasteiger partial charge in [0.25, 0.3) is 5.91 Å². The largest absolute Gasteiger partial charge is 0.495 e. The molecule has 2 heterocycles. The Morgan fingerprint density at radius 2 is 2.00 bits per heavy atom. The highest BCUT2D eigenvalue weighted by Gasteiger charge is 2.28. The Hall–Kier alpha value is -2.84. The van der Waals surface area contributed by atoms with E-state index >= 15 is 0 Å². The topological polar surface area (TPSA) is 85.2 Å². The first-order valence-electron chi connectivity index (χ1n) is 9.93.